The monoisotopic (exact) mass is 300 g/mol. The lowest BCUT2D eigenvalue weighted by Crippen LogP contribution is -2.29. The number of nitrogens with one attached hydrogen (secondary N) is 1. The molecule has 0 amide bonds. The Morgan fingerprint density at radius 3 is 2.79 bits per heavy atom. The zero-order valence-electron chi connectivity index (χ0n) is 10.3. The first kappa shape index (κ1) is 14.3. The summed E-state index contributed by atoms with van der Waals surface area (Å²) >= 11 is 7.40. The van der Waals surface area contributed by atoms with Crippen LogP contribution >= 0.6 is 22.9 Å². The van der Waals surface area contributed by atoms with Crippen LogP contribution in [0.5, 0.6) is 5.75 Å². The topological polar surface area (TPSA) is 47.3 Å². The lowest BCUT2D eigenvalue weighted by atomic mass is 10.0. The van der Waals surface area contributed by atoms with E-state index in [0.717, 1.165) is 14.8 Å². The maximum atomic E-state index is 13.4. The van der Waals surface area contributed by atoms with Crippen LogP contribution < -0.4 is 16.0 Å². The number of hydrogen-bond donors (Lipinski definition) is 2. The van der Waals surface area contributed by atoms with Crippen LogP contribution in [0.25, 0.3) is 0 Å². The standard InChI is InChI=1S/C13H14ClFN2OS/c1-18-12-6-8(2-4-10(12)15)11(17-16)7-9-3-5-13(14)19-9/h2-6,11,17H,7,16H2,1H3. The van der Waals surface area contributed by atoms with Gasteiger partial charge in [0.05, 0.1) is 17.5 Å². The lowest BCUT2D eigenvalue weighted by Gasteiger charge is -2.16. The van der Waals surface area contributed by atoms with E-state index in [4.69, 9.17) is 22.2 Å². The first-order valence-electron chi connectivity index (χ1n) is 5.68. The summed E-state index contributed by atoms with van der Waals surface area (Å²) < 4.78 is 19.1. The SMILES string of the molecule is COc1cc(C(Cc2ccc(Cl)s2)NN)ccc1F. The minimum Gasteiger partial charge on any atom is -0.494 e. The van der Waals surface area contributed by atoms with Gasteiger partial charge in [-0.2, -0.15) is 0 Å². The zero-order chi connectivity index (χ0) is 13.8. The van der Waals surface area contributed by atoms with Crippen LogP contribution in [0.1, 0.15) is 16.5 Å². The third-order valence-corrected chi connectivity index (χ3v) is 4.07. The van der Waals surface area contributed by atoms with Crippen molar-refractivity contribution in [2.45, 2.75) is 12.5 Å². The Morgan fingerprint density at radius 1 is 1.42 bits per heavy atom. The van der Waals surface area contributed by atoms with Crippen LogP contribution in [0, 0.1) is 5.82 Å². The Hall–Kier alpha value is -1.14. The number of benzene rings is 1. The summed E-state index contributed by atoms with van der Waals surface area (Å²) in [5, 5.41) is 0. The Labute approximate surface area is 120 Å². The van der Waals surface area contributed by atoms with Gasteiger partial charge >= 0.3 is 0 Å². The molecule has 102 valence electrons. The summed E-state index contributed by atoms with van der Waals surface area (Å²) in [6.45, 7) is 0. The van der Waals surface area contributed by atoms with Gasteiger partial charge in [0.15, 0.2) is 11.6 Å². The highest BCUT2D eigenvalue weighted by atomic mass is 35.5. The molecule has 0 radical (unpaired) electrons. The molecule has 0 aliphatic rings. The Bertz CT molecular complexity index is 561. The van der Waals surface area contributed by atoms with Gasteiger partial charge in [-0.05, 0) is 29.8 Å². The molecule has 0 bridgehead atoms. The first-order chi connectivity index (χ1) is 9.13. The van der Waals surface area contributed by atoms with E-state index in [1.165, 1.54) is 24.5 Å². The maximum Gasteiger partial charge on any atom is 0.165 e. The second kappa shape index (κ2) is 6.34. The summed E-state index contributed by atoms with van der Waals surface area (Å²) in [6, 6.07) is 8.40. The molecule has 1 heterocycles. The number of hydrazine groups is 1. The van der Waals surface area contributed by atoms with Crippen LogP contribution in [-0.2, 0) is 6.42 Å². The van der Waals surface area contributed by atoms with Crippen LogP contribution in [0.15, 0.2) is 30.3 Å². The Kier molecular flexibility index (Phi) is 4.76. The average Bonchev–Trinajstić information content (AvgIpc) is 2.82. The van der Waals surface area contributed by atoms with Crippen molar-refractivity contribution < 1.29 is 9.13 Å². The number of ether oxygens (including phenoxy) is 1. The summed E-state index contributed by atoms with van der Waals surface area (Å²) in [5.41, 5.74) is 3.60. The van der Waals surface area contributed by atoms with Crippen molar-refractivity contribution in [3.63, 3.8) is 0 Å². The van der Waals surface area contributed by atoms with Crippen LogP contribution in [0.3, 0.4) is 0 Å². The number of halogens is 2. The number of thiophene rings is 1. The molecule has 3 nitrogen and oxygen atoms in total. The van der Waals surface area contributed by atoms with Crippen LogP contribution in [0.2, 0.25) is 4.34 Å². The van der Waals surface area contributed by atoms with E-state index in [1.54, 1.807) is 12.1 Å². The van der Waals surface area contributed by atoms with E-state index in [0.29, 0.717) is 6.42 Å². The lowest BCUT2D eigenvalue weighted by molar-refractivity contribution is 0.384. The van der Waals surface area contributed by atoms with E-state index in [9.17, 15) is 4.39 Å². The number of hydrogen-bond acceptors (Lipinski definition) is 4. The van der Waals surface area contributed by atoms with Crippen molar-refractivity contribution >= 4 is 22.9 Å². The van der Waals surface area contributed by atoms with E-state index < -0.39 is 0 Å². The van der Waals surface area contributed by atoms with Crippen molar-refractivity contribution in [2.75, 3.05) is 7.11 Å². The second-order valence-corrected chi connectivity index (χ2v) is 5.82. The van der Waals surface area contributed by atoms with Gasteiger partial charge in [-0.15, -0.1) is 11.3 Å². The van der Waals surface area contributed by atoms with Gasteiger partial charge < -0.3 is 4.74 Å². The van der Waals surface area contributed by atoms with Gasteiger partial charge in [0.2, 0.25) is 0 Å². The molecule has 1 unspecified atom stereocenters. The molecule has 2 rings (SSSR count). The summed E-state index contributed by atoms with van der Waals surface area (Å²) in [7, 11) is 1.44. The minimum atomic E-state index is -0.388. The molecule has 0 saturated carbocycles. The minimum absolute atomic E-state index is 0.121. The van der Waals surface area contributed by atoms with E-state index in [-0.39, 0.29) is 17.6 Å². The van der Waals surface area contributed by atoms with E-state index in [1.807, 2.05) is 12.1 Å². The third-order valence-electron chi connectivity index (χ3n) is 2.81. The highest BCUT2D eigenvalue weighted by Crippen LogP contribution is 2.28. The van der Waals surface area contributed by atoms with Crippen molar-refractivity contribution in [1.29, 1.82) is 0 Å². The molecule has 1 aromatic heterocycles. The zero-order valence-corrected chi connectivity index (χ0v) is 11.9. The largest absolute Gasteiger partial charge is 0.494 e. The smallest absolute Gasteiger partial charge is 0.165 e. The summed E-state index contributed by atoms with van der Waals surface area (Å²) in [6.07, 6.45) is 0.683. The van der Waals surface area contributed by atoms with Gasteiger partial charge in [0.1, 0.15) is 0 Å². The van der Waals surface area contributed by atoms with E-state index >= 15 is 0 Å². The van der Waals surface area contributed by atoms with Crippen molar-refractivity contribution in [1.82, 2.24) is 5.43 Å². The normalized spacial score (nSPS) is 12.4. The molecule has 6 heteroatoms. The molecule has 3 N–H and O–H groups in total. The quantitative estimate of drug-likeness (QED) is 0.658. The van der Waals surface area contributed by atoms with Crippen molar-refractivity contribution in [3.05, 3.63) is 50.9 Å². The van der Waals surface area contributed by atoms with E-state index in [2.05, 4.69) is 5.43 Å². The number of methoxy groups -OCH3 is 1. The maximum absolute atomic E-state index is 13.4. The van der Waals surface area contributed by atoms with Crippen molar-refractivity contribution in [3.8, 4) is 5.75 Å². The number of rotatable bonds is 5. The van der Waals surface area contributed by atoms with Gasteiger partial charge in [-0.25, -0.2) is 4.39 Å². The summed E-state index contributed by atoms with van der Waals surface area (Å²) in [4.78, 5) is 1.11. The second-order valence-electron chi connectivity index (χ2n) is 4.02. The molecule has 0 aliphatic carbocycles. The van der Waals surface area contributed by atoms with Crippen LogP contribution in [0.4, 0.5) is 4.39 Å². The molecular formula is C13H14ClFN2OS. The molecule has 0 aliphatic heterocycles. The number of nitrogens with two attached hydrogens (primary N) is 1. The Balaban J connectivity index is 2.21. The molecule has 2 aromatic rings. The Morgan fingerprint density at radius 2 is 2.21 bits per heavy atom. The van der Waals surface area contributed by atoms with Gasteiger partial charge in [-0.1, -0.05) is 17.7 Å². The molecule has 1 aromatic carbocycles. The average molecular weight is 301 g/mol. The fourth-order valence-electron chi connectivity index (χ4n) is 1.83. The fourth-order valence-corrected chi connectivity index (χ4v) is 2.96. The molecule has 0 saturated heterocycles. The van der Waals surface area contributed by atoms with Gasteiger partial charge in [-0.3, -0.25) is 11.3 Å². The van der Waals surface area contributed by atoms with Crippen molar-refractivity contribution in [2.24, 2.45) is 5.84 Å². The highest BCUT2D eigenvalue weighted by molar-refractivity contribution is 7.16. The summed E-state index contributed by atoms with van der Waals surface area (Å²) in [5.74, 6) is 5.40. The first-order valence-corrected chi connectivity index (χ1v) is 6.87. The van der Waals surface area contributed by atoms with Crippen LogP contribution in [-0.4, -0.2) is 7.11 Å². The van der Waals surface area contributed by atoms with Gasteiger partial charge in [0, 0.05) is 11.3 Å². The molecule has 0 fully saturated rings. The van der Waals surface area contributed by atoms with Gasteiger partial charge in [0.25, 0.3) is 0 Å². The highest BCUT2D eigenvalue weighted by Gasteiger charge is 2.14. The molecule has 0 spiro atoms. The fraction of sp³-hybridized carbons (Fsp3) is 0.231. The molecule has 1 atom stereocenters. The predicted octanol–water partition coefficient (Wildman–Crippen LogP) is 3.30. The molecular weight excluding hydrogens is 287 g/mol. The molecule has 19 heavy (non-hydrogen) atoms. The predicted molar refractivity (Wildman–Crippen MR) is 76.0 cm³/mol. The third kappa shape index (κ3) is 3.45.